The lowest BCUT2D eigenvalue weighted by molar-refractivity contribution is -0.148. The average Bonchev–Trinajstić information content (AvgIpc) is 2.74. The summed E-state index contributed by atoms with van der Waals surface area (Å²) in [6.07, 6.45) is -0.670. The zero-order valence-electron chi connectivity index (χ0n) is 10.1. The van der Waals surface area contributed by atoms with Crippen LogP contribution in [0.25, 0.3) is 0 Å². The number of carbonyl (C=O) groups is 2. The SMILES string of the molecule is O=C(O)C1CC(O)CN1C(=O)Cc1ccccc1Cl. The van der Waals surface area contributed by atoms with E-state index in [9.17, 15) is 14.7 Å². The zero-order chi connectivity index (χ0) is 14.0. The highest BCUT2D eigenvalue weighted by Gasteiger charge is 2.38. The summed E-state index contributed by atoms with van der Waals surface area (Å²) < 4.78 is 0. The Morgan fingerprint density at radius 3 is 2.68 bits per heavy atom. The van der Waals surface area contributed by atoms with Gasteiger partial charge in [0.2, 0.25) is 5.91 Å². The summed E-state index contributed by atoms with van der Waals surface area (Å²) >= 11 is 5.97. The Kier molecular flexibility index (Phi) is 4.07. The van der Waals surface area contributed by atoms with Crippen LogP contribution in [0.5, 0.6) is 0 Å². The number of carbonyl (C=O) groups excluding carboxylic acids is 1. The van der Waals surface area contributed by atoms with Gasteiger partial charge in [0, 0.05) is 18.0 Å². The first-order valence-electron chi connectivity index (χ1n) is 5.92. The second-order valence-corrected chi connectivity index (χ2v) is 4.97. The van der Waals surface area contributed by atoms with Crippen LogP contribution in [0.15, 0.2) is 24.3 Å². The van der Waals surface area contributed by atoms with Crippen LogP contribution < -0.4 is 0 Å². The Balaban J connectivity index is 2.11. The summed E-state index contributed by atoms with van der Waals surface area (Å²) in [6, 6.07) is 5.98. The molecule has 0 aliphatic carbocycles. The van der Waals surface area contributed by atoms with Crippen molar-refractivity contribution in [2.75, 3.05) is 6.54 Å². The molecule has 6 heteroatoms. The minimum Gasteiger partial charge on any atom is -0.480 e. The van der Waals surface area contributed by atoms with Gasteiger partial charge in [-0.15, -0.1) is 0 Å². The Morgan fingerprint density at radius 2 is 2.05 bits per heavy atom. The van der Waals surface area contributed by atoms with Gasteiger partial charge in [0.25, 0.3) is 0 Å². The van der Waals surface area contributed by atoms with E-state index in [2.05, 4.69) is 0 Å². The molecular formula is C13H14ClNO4. The fourth-order valence-electron chi connectivity index (χ4n) is 2.23. The summed E-state index contributed by atoms with van der Waals surface area (Å²) in [5.41, 5.74) is 0.652. The molecule has 1 aliphatic rings. The molecule has 1 aliphatic heterocycles. The number of aliphatic carboxylic acids is 1. The molecule has 1 heterocycles. The highest BCUT2D eigenvalue weighted by molar-refractivity contribution is 6.31. The highest BCUT2D eigenvalue weighted by Crippen LogP contribution is 2.21. The Morgan fingerprint density at radius 1 is 1.37 bits per heavy atom. The Labute approximate surface area is 115 Å². The Bertz CT molecular complexity index is 505. The summed E-state index contributed by atoms with van der Waals surface area (Å²) in [6.45, 7) is 0.0558. The van der Waals surface area contributed by atoms with E-state index in [1.807, 2.05) is 0 Å². The first-order valence-corrected chi connectivity index (χ1v) is 6.30. The second-order valence-electron chi connectivity index (χ2n) is 4.56. The number of aliphatic hydroxyl groups is 1. The van der Waals surface area contributed by atoms with E-state index in [-0.39, 0.29) is 25.3 Å². The molecule has 1 amide bonds. The van der Waals surface area contributed by atoms with Gasteiger partial charge < -0.3 is 15.1 Å². The lowest BCUT2D eigenvalue weighted by Gasteiger charge is -2.21. The fourth-order valence-corrected chi connectivity index (χ4v) is 2.43. The molecule has 1 aromatic rings. The molecular weight excluding hydrogens is 270 g/mol. The predicted molar refractivity (Wildman–Crippen MR) is 68.9 cm³/mol. The molecule has 0 bridgehead atoms. The van der Waals surface area contributed by atoms with E-state index in [4.69, 9.17) is 16.7 Å². The molecule has 19 heavy (non-hydrogen) atoms. The van der Waals surface area contributed by atoms with Crippen molar-refractivity contribution in [1.29, 1.82) is 0 Å². The number of rotatable bonds is 3. The zero-order valence-corrected chi connectivity index (χ0v) is 10.9. The maximum atomic E-state index is 12.1. The smallest absolute Gasteiger partial charge is 0.326 e. The third-order valence-electron chi connectivity index (χ3n) is 3.18. The molecule has 0 spiro atoms. The molecule has 2 rings (SSSR count). The number of amides is 1. The minimum absolute atomic E-state index is 0.0379. The van der Waals surface area contributed by atoms with E-state index in [1.165, 1.54) is 4.90 Å². The quantitative estimate of drug-likeness (QED) is 0.865. The third-order valence-corrected chi connectivity index (χ3v) is 3.55. The van der Waals surface area contributed by atoms with Gasteiger partial charge in [-0.1, -0.05) is 29.8 Å². The maximum absolute atomic E-state index is 12.1. The number of β-amino-alcohol motifs (C(OH)–C–C–N with tert-alkyl or cyclic N) is 1. The number of halogens is 1. The lowest BCUT2D eigenvalue weighted by Crippen LogP contribution is -2.41. The molecule has 1 fully saturated rings. The van der Waals surface area contributed by atoms with Crippen LogP contribution in [0.3, 0.4) is 0 Å². The largest absolute Gasteiger partial charge is 0.480 e. The van der Waals surface area contributed by atoms with Crippen molar-refractivity contribution in [3.05, 3.63) is 34.9 Å². The van der Waals surface area contributed by atoms with Crippen LogP contribution >= 0.6 is 11.6 Å². The molecule has 0 saturated carbocycles. The lowest BCUT2D eigenvalue weighted by atomic mass is 10.1. The highest BCUT2D eigenvalue weighted by atomic mass is 35.5. The van der Waals surface area contributed by atoms with Gasteiger partial charge in [0.1, 0.15) is 6.04 Å². The van der Waals surface area contributed by atoms with Crippen LogP contribution in [0, 0.1) is 0 Å². The van der Waals surface area contributed by atoms with Crippen molar-refractivity contribution in [2.24, 2.45) is 0 Å². The predicted octanol–water partition coefficient (Wildman–Crippen LogP) is 0.929. The molecule has 1 saturated heterocycles. The number of hydrogen-bond acceptors (Lipinski definition) is 3. The van der Waals surface area contributed by atoms with Crippen LogP contribution in [0.2, 0.25) is 5.02 Å². The van der Waals surface area contributed by atoms with Gasteiger partial charge in [-0.3, -0.25) is 4.79 Å². The summed E-state index contributed by atoms with van der Waals surface area (Å²) in [5.74, 6) is -1.43. The number of nitrogens with zero attached hydrogens (tertiary/aromatic N) is 1. The van der Waals surface area contributed by atoms with Crippen LogP contribution in [-0.4, -0.2) is 45.7 Å². The van der Waals surface area contributed by atoms with Gasteiger partial charge in [-0.05, 0) is 11.6 Å². The van der Waals surface area contributed by atoms with Crippen molar-refractivity contribution in [1.82, 2.24) is 4.90 Å². The average molecular weight is 284 g/mol. The molecule has 102 valence electrons. The molecule has 1 aromatic carbocycles. The number of benzene rings is 1. The van der Waals surface area contributed by atoms with Crippen molar-refractivity contribution >= 4 is 23.5 Å². The second kappa shape index (κ2) is 5.59. The Hall–Kier alpha value is -1.59. The number of hydrogen-bond donors (Lipinski definition) is 2. The first-order chi connectivity index (χ1) is 8.99. The molecule has 2 N–H and O–H groups in total. The molecule has 2 unspecified atom stereocenters. The van der Waals surface area contributed by atoms with Gasteiger partial charge in [0.05, 0.1) is 12.5 Å². The van der Waals surface area contributed by atoms with E-state index in [0.717, 1.165) is 0 Å². The first kappa shape index (κ1) is 13.8. The normalized spacial score (nSPS) is 22.5. The van der Waals surface area contributed by atoms with Gasteiger partial charge in [0.15, 0.2) is 0 Å². The van der Waals surface area contributed by atoms with Crippen LogP contribution in [0.4, 0.5) is 0 Å². The van der Waals surface area contributed by atoms with Gasteiger partial charge in [-0.2, -0.15) is 0 Å². The van der Waals surface area contributed by atoms with Crippen LogP contribution in [0.1, 0.15) is 12.0 Å². The van der Waals surface area contributed by atoms with Crippen molar-refractivity contribution in [2.45, 2.75) is 25.0 Å². The number of carboxylic acids is 1. The van der Waals surface area contributed by atoms with Gasteiger partial charge >= 0.3 is 5.97 Å². The third kappa shape index (κ3) is 3.05. The minimum atomic E-state index is -1.09. The van der Waals surface area contributed by atoms with Crippen molar-refractivity contribution < 1.29 is 19.8 Å². The van der Waals surface area contributed by atoms with Gasteiger partial charge in [-0.25, -0.2) is 4.79 Å². The summed E-state index contributed by atoms with van der Waals surface area (Å²) in [4.78, 5) is 24.4. The standard InChI is InChI=1S/C13H14ClNO4/c14-10-4-2-1-3-8(10)5-12(17)15-7-9(16)6-11(15)13(18)19/h1-4,9,11,16H,5-7H2,(H,18,19). The topological polar surface area (TPSA) is 77.8 Å². The summed E-state index contributed by atoms with van der Waals surface area (Å²) in [7, 11) is 0. The number of aliphatic hydroxyl groups excluding tert-OH is 1. The van der Waals surface area contributed by atoms with E-state index >= 15 is 0 Å². The van der Waals surface area contributed by atoms with Crippen molar-refractivity contribution in [3.8, 4) is 0 Å². The van der Waals surface area contributed by atoms with E-state index in [0.29, 0.717) is 10.6 Å². The number of carboxylic acid groups (broad SMARTS) is 1. The van der Waals surface area contributed by atoms with E-state index < -0.39 is 18.1 Å². The number of likely N-dealkylation sites (tertiary alicyclic amines) is 1. The fraction of sp³-hybridized carbons (Fsp3) is 0.385. The van der Waals surface area contributed by atoms with E-state index in [1.54, 1.807) is 24.3 Å². The molecule has 5 nitrogen and oxygen atoms in total. The maximum Gasteiger partial charge on any atom is 0.326 e. The molecule has 0 radical (unpaired) electrons. The summed E-state index contributed by atoms with van der Waals surface area (Å²) in [5, 5.41) is 19.0. The van der Waals surface area contributed by atoms with Crippen molar-refractivity contribution in [3.63, 3.8) is 0 Å². The molecule has 2 atom stereocenters. The monoisotopic (exact) mass is 283 g/mol. The van der Waals surface area contributed by atoms with Crippen LogP contribution in [-0.2, 0) is 16.0 Å². The molecule has 0 aromatic heterocycles.